The van der Waals surface area contributed by atoms with Gasteiger partial charge in [0.25, 0.3) is 5.91 Å². The van der Waals surface area contributed by atoms with E-state index in [1.807, 2.05) is 31.2 Å². The number of ether oxygens (including phenoxy) is 1. The van der Waals surface area contributed by atoms with Crippen molar-refractivity contribution >= 4 is 5.91 Å². The van der Waals surface area contributed by atoms with Crippen molar-refractivity contribution in [2.45, 2.75) is 26.3 Å². The molecule has 0 radical (unpaired) electrons. The predicted octanol–water partition coefficient (Wildman–Crippen LogP) is 1.09. The summed E-state index contributed by atoms with van der Waals surface area (Å²) in [7, 11) is 0. The van der Waals surface area contributed by atoms with E-state index in [0.717, 1.165) is 12.2 Å². The molecule has 1 unspecified atom stereocenters. The number of nitrogens with one attached hydrogen (secondary N) is 1. The van der Waals surface area contributed by atoms with Crippen LogP contribution >= 0.6 is 0 Å². The monoisotopic (exact) mass is 236 g/mol. The Morgan fingerprint density at radius 3 is 2.94 bits per heavy atom. The molecule has 0 aliphatic carbocycles. The van der Waals surface area contributed by atoms with Crippen molar-refractivity contribution in [3.05, 3.63) is 29.8 Å². The van der Waals surface area contributed by atoms with Crippen LogP contribution in [0.2, 0.25) is 0 Å². The Morgan fingerprint density at radius 2 is 2.29 bits per heavy atom. The minimum Gasteiger partial charge on any atom is -0.484 e. The van der Waals surface area contributed by atoms with Crippen LogP contribution in [0.15, 0.2) is 24.3 Å². The number of rotatable bonds is 6. The molecule has 0 saturated carbocycles. The molecule has 1 amide bonds. The predicted molar refractivity (Wildman–Crippen MR) is 68.0 cm³/mol. The maximum absolute atomic E-state index is 11.4. The highest BCUT2D eigenvalue weighted by molar-refractivity contribution is 5.77. The molecule has 4 nitrogen and oxygen atoms in total. The summed E-state index contributed by atoms with van der Waals surface area (Å²) in [6.45, 7) is 4.41. The maximum atomic E-state index is 11.4. The minimum absolute atomic E-state index is 0.0277. The molecule has 0 bridgehead atoms. The lowest BCUT2D eigenvalue weighted by Gasteiger charge is -2.09. The molecular formula is C13H20N2O2. The third-order valence-electron chi connectivity index (χ3n) is 2.30. The molecule has 1 aromatic carbocycles. The van der Waals surface area contributed by atoms with Gasteiger partial charge in [-0.2, -0.15) is 0 Å². The highest BCUT2D eigenvalue weighted by Crippen LogP contribution is 2.13. The average molecular weight is 236 g/mol. The van der Waals surface area contributed by atoms with E-state index in [2.05, 4.69) is 12.2 Å². The van der Waals surface area contributed by atoms with Gasteiger partial charge in [-0.05, 0) is 31.0 Å². The molecule has 0 aliphatic rings. The van der Waals surface area contributed by atoms with E-state index >= 15 is 0 Å². The Bertz CT molecular complexity index is 364. The lowest BCUT2D eigenvalue weighted by Crippen LogP contribution is -2.37. The first-order chi connectivity index (χ1) is 8.11. The summed E-state index contributed by atoms with van der Waals surface area (Å²) in [4.78, 5) is 11.4. The van der Waals surface area contributed by atoms with E-state index in [-0.39, 0.29) is 18.6 Å². The highest BCUT2D eigenvalue weighted by atomic mass is 16.5. The van der Waals surface area contributed by atoms with Crippen LogP contribution in [0, 0.1) is 0 Å². The van der Waals surface area contributed by atoms with E-state index in [0.29, 0.717) is 6.54 Å². The zero-order valence-electron chi connectivity index (χ0n) is 10.4. The quantitative estimate of drug-likeness (QED) is 0.777. The fourth-order valence-electron chi connectivity index (χ4n) is 1.33. The molecule has 3 N–H and O–H groups in total. The Balaban J connectivity index is 2.36. The summed E-state index contributed by atoms with van der Waals surface area (Å²) in [6, 6.07) is 7.70. The third kappa shape index (κ3) is 5.36. The second-order valence-corrected chi connectivity index (χ2v) is 4.07. The molecule has 1 aromatic rings. The van der Waals surface area contributed by atoms with Crippen LogP contribution in [0.3, 0.4) is 0 Å². The average Bonchev–Trinajstić information content (AvgIpc) is 2.34. The van der Waals surface area contributed by atoms with E-state index in [9.17, 15) is 4.79 Å². The van der Waals surface area contributed by atoms with Gasteiger partial charge >= 0.3 is 0 Å². The number of amides is 1. The molecule has 0 fully saturated rings. The van der Waals surface area contributed by atoms with Crippen LogP contribution < -0.4 is 15.8 Å². The van der Waals surface area contributed by atoms with Gasteiger partial charge in [0.05, 0.1) is 0 Å². The van der Waals surface area contributed by atoms with Gasteiger partial charge in [0, 0.05) is 12.6 Å². The Kier molecular flexibility index (Phi) is 5.49. The molecule has 4 heteroatoms. The van der Waals surface area contributed by atoms with Crippen molar-refractivity contribution in [1.29, 1.82) is 0 Å². The number of aryl methyl sites for hydroxylation is 1. The first kappa shape index (κ1) is 13.5. The van der Waals surface area contributed by atoms with Crippen LogP contribution in [-0.2, 0) is 11.2 Å². The van der Waals surface area contributed by atoms with Gasteiger partial charge in [0.2, 0.25) is 0 Å². The van der Waals surface area contributed by atoms with Crippen LogP contribution in [0.25, 0.3) is 0 Å². The first-order valence-electron chi connectivity index (χ1n) is 5.85. The van der Waals surface area contributed by atoms with E-state index in [4.69, 9.17) is 10.5 Å². The fourth-order valence-corrected chi connectivity index (χ4v) is 1.33. The standard InChI is InChI=1S/C13H20N2O2/c1-3-11-5-4-6-12(7-11)17-9-13(16)15-8-10(2)14/h4-7,10H,3,8-9,14H2,1-2H3,(H,15,16). The second kappa shape index (κ2) is 6.91. The molecule has 0 heterocycles. The summed E-state index contributed by atoms with van der Waals surface area (Å²) < 4.78 is 5.39. The van der Waals surface area contributed by atoms with Crippen LogP contribution in [0.5, 0.6) is 5.75 Å². The van der Waals surface area contributed by atoms with Crippen molar-refractivity contribution in [2.24, 2.45) is 5.73 Å². The largest absolute Gasteiger partial charge is 0.484 e. The second-order valence-electron chi connectivity index (χ2n) is 4.07. The normalized spacial score (nSPS) is 11.9. The number of carbonyl (C=O) groups excluding carboxylic acids is 1. The van der Waals surface area contributed by atoms with Gasteiger partial charge in [-0.1, -0.05) is 19.1 Å². The Hall–Kier alpha value is -1.55. The topological polar surface area (TPSA) is 64.3 Å². The number of carbonyl (C=O) groups is 1. The molecule has 1 atom stereocenters. The van der Waals surface area contributed by atoms with Crippen molar-refractivity contribution in [3.63, 3.8) is 0 Å². The van der Waals surface area contributed by atoms with E-state index in [1.165, 1.54) is 5.56 Å². The zero-order valence-corrected chi connectivity index (χ0v) is 10.4. The van der Waals surface area contributed by atoms with Crippen molar-refractivity contribution in [1.82, 2.24) is 5.32 Å². The number of hydrogen-bond donors (Lipinski definition) is 2. The SMILES string of the molecule is CCc1cccc(OCC(=O)NCC(C)N)c1. The summed E-state index contributed by atoms with van der Waals surface area (Å²) in [6.07, 6.45) is 0.952. The third-order valence-corrected chi connectivity index (χ3v) is 2.30. The zero-order chi connectivity index (χ0) is 12.7. The van der Waals surface area contributed by atoms with Crippen LogP contribution in [0.4, 0.5) is 0 Å². The van der Waals surface area contributed by atoms with Crippen molar-refractivity contribution < 1.29 is 9.53 Å². The van der Waals surface area contributed by atoms with Gasteiger partial charge in [0.15, 0.2) is 6.61 Å². The molecular weight excluding hydrogens is 216 g/mol. The first-order valence-corrected chi connectivity index (χ1v) is 5.85. The Labute approximate surface area is 102 Å². The molecule has 94 valence electrons. The van der Waals surface area contributed by atoms with Gasteiger partial charge in [0.1, 0.15) is 5.75 Å². The summed E-state index contributed by atoms with van der Waals surface area (Å²) in [5.41, 5.74) is 6.72. The van der Waals surface area contributed by atoms with Crippen molar-refractivity contribution in [3.8, 4) is 5.75 Å². The number of benzene rings is 1. The summed E-state index contributed by atoms with van der Waals surface area (Å²) >= 11 is 0. The molecule has 1 rings (SSSR count). The van der Waals surface area contributed by atoms with Crippen LogP contribution in [-0.4, -0.2) is 25.1 Å². The van der Waals surface area contributed by atoms with Crippen molar-refractivity contribution in [2.75, 3.05) is 13.2 Å². The lowest BCUT2D eigenvalue weighted by molar-refractivity contribution is -0.123. The van der Waals surface area contributed by atoms with E-state index < -0.39 is 0 Å². The molecule has 0 aromatic heterocycles. The van der Waals surface area contributed by atoms with Crippen LogP contribution in [0.1, 0.15) is 19.4 Å². The molecule has 17 heavy (non-hydrogen) atoms. The molecule has 0 saturated heterocycles. The van der Waals surface area contributed by atoms with Gasteiger partial charge in [-0.25, -0.2) is 0 Å². The smallest absolute Gasteiger partial charge is 0.257 e. The Morgan fingerprint density at radius 1 is 1.53 bits per heavy atom. The fraction of sp³-hybridized carbons (Fsp3) is 0.462. The summed E-state index contributed by atoms with van der Waals surface area (Å²) in [5, 5.41) is 2.69. The van der Waals surface area contributed by atoms with Gasteiger partial charge < -0.3 is 15.8 Å². The maximum Gasteiger partial charge on any atom is 0.257 e. The van der Waals surface area contributed by atoms with Gasteiger partial charge in [-0.3, -0.25) is 4.79 Å². The summed E-state index contributed by atoms with van der Waals surface area (Å²) in [5.74, 6) is 0.574. The molecule has 0 spiro atoms. The lowest BCUT2D eigenvalue weighted by atomic mass is 10.2. The van der Waals surface area contributed by atoms with E-state index in [1.54, 1.807) is 0 Å². The number of nitrogens with two attached hydrogens (primary N) is 1. The van der Waals surface area contributed by atoms with Gasteiger partial charge in [-0.15, -0.1) is 0 Å². The molecule has 0 aliphatic heterocycles. The number of hydrogen-bond acceptors (Lipinski definition) is 3. The highest BCUT2D eigenvalue weighted by Gasteiger charge is 2.03. The minimum atomic E-state index is -0.149.